The quantitative estimate of drug-likeness (QED) is 0.884. The number of nitrogens with zero attached hydrogens (tertiary/aromatic N) is 1. The fourth-order valence-corrected chi connectivity index (χ4v) is 1.66. The monoisotopic (exact) mass is 276 g/mol. The number of hydrogen-bond acceptors (Lipinski definition) is 5. The Bertz CT molecular complexity index is 663. The predicted molar refractivity (Wildman–Crippen MR) is 69.1 cm³/mol. The number of aryl methyl sites for hydroxylation is 1. The molecule has 104 valence electrons. The van der Waals surface area contributed by atoms with Crippen LogP contribution in [0.2, 0.25) is 0 Å². The average molecular weight is 276 g/mol. The molecule has 1 aromatic carbocycles. The number of carboxylic acids is 1. The summed E-state index contributed by atoms with van der Waals surface area (Å²) in [5, 5.41) is 15.1. The molecule has 0 bridgehead atoms. The molecule has 0 unspecified atom stereocenters. The first-order valence-corrected chi connectivity index (χ1v) is 5.67. The van der Waals surface area contributed by atoms with E-state index >= 15 is 0 Å². The largest absolute Gasteiger partial charge is 0.496 e. The van der Waals surface area contributed by atoms with Gasteiger partial charge in [0.1, 0.15) is 22.6 Å². The fourth-order valence-electron chi connectivity index (χ4n) is 1.66. The van der Waals surface area contributed by atoms with Gasteiger partial charge in [-0.2, -0.15) is 0 Å². The van der Waals surface area contributed by atoms with E-state index in [1.165, 1.54) is 31.5 Å². The Morgan fingerprint density at radius 1 is 1.35 bits per heavy atom. The summed E-state index contributed by atoms with van der Waals surface area (Å²) in [5.74, 6) is -0.933. The first-order chi connectivity index (χ1) is 9.52. The van der Waals surface area contributed by atoms with E-state index in [0.717, 1.165) is 0 Å². The van der Waals surface area contributed by atoms with E-state index < -0.39 is 11.9 Å². The standard InChI is InChI=1S/C13H12N2O5/c1-7-10(6-14-20-7)12(16)15-8-3-4-9(13(17)18)11(5-8)19-2/h3-6H,1-2H3,(H,15,16)(H,17,18). The lowest BCUT2D eigenvalue weighted by Gasteiger charge is -2.08. The van der Waals surface area contributed by atoms with Crippen LogP contribution < -0.4 is 10.1 Å². The van der Waals surface area contributed by atoms with Crippen LogP contribution in [0.5, 0.6) is 5.75 Å². The normalized spacial score (nSPS) is 10.1. The molecular formula is C13H12N2O5. The molecule has 0 spiro atoms. The van der Waals surface area contributed by atoms with Gasteiger partial charge < -0.3 is 19.7 Å². The van der Waals surface area contributed by atoms with Crippen molar-refractivity contribution in [3.05, 3.63) is 41.3 Å². The van der Waals surface area contributed by atoms with E-state index in [0.29, 0.717) is 17.0 Å². The minimum atomic E-state index is -1.10. The van der Waals surface area contributed by atoms with Crippen LogP contribution >= 0.6 is 0 Å². The van der Waals surface area contributed by atoms with Crippen molar-refractivity contribution in [2.75, 3.05) is 12.4 Å². The van der Waals surface area contributed by atoms with E-state index in [-0.39, 0.29) is 11.3 Å². The summed E-state index contributed by atoms with van der Waals surface area (Å²) in [7, 11) is 1.36. The van der Waals surface area contributed by atoms with E-state index in [1.54, 1.807) is 6.92 Å². The van der Waals surface area contributed by atoms with E-state index in [4.69, 9.17) is 14.4 Å². The van der Waals surface area contributed by atoms with Gasteiger partial charge in [-0.25, -0.2) is 4.79 Å². The Morgan fingerprint density at radius 3 is 2.65 bits per heavy atom. The number of carbonyl (C=O) groups excluding carboxylic acids is 1. The van der Waals surface area contributed by atoms with Gasteiger partial charge in [0.15, 0.2) is 0 Å². The van der Waals surface area contributed by atoms with Gasteiger partial charge in [0.2, 0.25) is 0 Å². The Balaban J connectivity index is 2.24. The molecule has 0 fully saturated rings. The number of aromatic carboxylic acids is 1. The number of carbonyl (C=O) groups is 2. The zero-order valence-corrected chi connectivity index (χ0v) is 10.8. The van der Waals surface area contributed by atoms with E-state index in [2.05, 4.69) is 10.5 Å². The highest BCUT2D eigenvalue weighted by atomic mass is 16.5. The highest BCUT2D eigenvalue weighted by molar-refractivity contribution is 6.05. The van der Waals surface area contributed by atoms with E-state index in [9.17, 15) is 9.59 Å². The van der Waals surface area contributed by atoms with Crippen molar-refractivity contribution in [1.82, 2.24) is 5.16 Å². The number of anilines is 1. The average Bonchev–Trinajstić information content (AvgIpc) is 2.84. The van der Waals surface area contributed by atoms with Crippen molar-refractivity contribution in [2.24, 2.45) is 0 Å². The maximum atomic E-state index is 11.9. The molecule has 1 amide bonds. The summed E-state index contributed by atoms with van der Waals surface area (Å²) in [6.45, 7) is 1.62. The Labute approximate surface area is 114 Å². The van der Waals surface area contributed by atoms with E-state index in [1.807, 2.05) is 0 Å². The summed E-state index contributed by atoms with van der Waals surface area (Å²) in [4.78, 5) is 22.9. The number of ether oxygens (including phenoxy) is 1. The van der Waals surface area contributed by atoms with Crippen molar-refractivity contribution in [3.8, 4) is 5.75 Å². The Hall–Kier alpha value is -2.83. The number of aromatic nitrogens is 1. The van der Waals surface area contributed by atoms with Gasteiger partial charge in [0, 0.05) is 11.8 Å². The minimum Gasteiger partial charge on any atom is -0.496 e. The van der Waals surface area contributed by atoms with Crippen LogP contribution in [0.25, 0.3) is 0 Å². The van der Waals surface area contributed by atoms with Gasteiger partial charge in [-0.1, -0.05) is 5.16 Å². The van der Waals surface area contributed by atoms with Crippen LogP contribution in [0, 0.1) is 6.92 Å². The molecule has 0 aliphatic rings. The molecule has 0 saturated carbocycles. The van der Waals surface area contributed by atoms with Crippen LogP contribution in [0.1, 0.15) is 26.5 Å². The first-order valence-electron chi connectivity index (χ1n) is 5.67. The van der Waals surface area contributed by atoms with Gasteiger partial charge in [0.25, 0.3) is 5.91 Å². The highest BCUT2D eigenvalue weighted by Crippen LogP contribution is 2.23. The van der Waals surface area contributed by atoms with Gasteiger partial charge in [-0.3, -0.25) is 4.79 Å². The zero-order chi connectivity index (χ0) is 14.7. The Morgan fingerprint density at radius 2 is 2.10 bits per heavy atom. The molecule has 0 atom stereocenters. The van der Waals surface area contributed by atoms with Crippen molar-refractivity contribution >= 4 is 17.6 Å². The number of amides is 1. The maximum absolute atomic E-state index is 11.9. The molecule has 2 N–H and O–H groups in total. The summed E-state index contributed by atoms with van der Waals surface area (Å²) >= 11 is 0. The van der Waals surface area contributed by atoms with Crippen LogP contribution in [-0.4, -0.2) is 29.2 Å². The number of methoxy groups -OCH3 is 1. The third kappa shape index (κ3) is 2.61. The molecule has 2 aromatic rings. The molecule has 0 saturated heterocycles. The van der Waals surface area contributed by atoms with Crippen molar-refractivity contribution < 1.29 is 24.0 Å². The highest BCUT2D eigenvalue weighted by Gasteiger charge is 2.15. The van der Waals surface area contributed by atoms with Gasteiger partial charge >= 0.3 is 5.97 Å². The van der Waals surface area contributed by atoms with Crippen molar-refractivity contribution in [2.45, 2.75) is 6.92 Å². The second kappa shape index (κ2) is 5.43. The molecule has 0 aliphatic carbocycles. The summed E-state index contributed by atoms with van der Waals surface area (Å²) in [6.07, 6.45) is 1.31. The number of nitrogens with one attached hydrogen (secondary N) is 1. The van der Waals surface area contributed by atoms with Gasteiger partial charge in [-0.15, -0.1) is 0 Å². The third-order valence-electron chi connectivity index (χ3n) is 2.69. The summed E-state index contributed by atoms with van der Waals surface area (Å²) in [5.41, 5.74) is 0.746. The molecule has 7 heteroatoms. The molecule has 2 rings (SSSR count). The van der Waals surface area contributed by atoms with Gasteiger partial charge in [0.05, 0.1) is 13.3 Å². The first kappa shape index (κ1) is 13.6. The molecule has 20 heavy (non-hydrogen) atoms. The number of rotatable bonds is 4. The maximum Gasteiger partial charge on any atom is 0.339 e. The summed E-state index contributed by atoms with van der Waals surface area (Å²) in [6, 6.07) is 4.27. The van der Waals surface area contributed by atoms with Crippen LogP contribution in [0.4, 0.5) is 5.69 Å². The van der Waals surface area contributed by atoms with Crippen LogP contribution in [0.15, 0.2) is 28.9 Å². The predicted octanol–water partition coefficient (Wildman–Crippen LogP) is 1.94. The molecule has 0 aliphatic heterocycles. The number of hydrogen-bond donors (Lipinski definition) is 2. The zero-order valence-electron chi connectivity index (χ0n) is 10.8. The molecular weight excluding hydrogens is 264 g/mol. The van der Waals surface area contributed by atoms with Crippen molar-refractivity contribution in [3.63, 3.8) is 0 Å². The number of carboxylic acid groups (broad SMARTS) is 1. The Kier molecular flexibility index (Phi) is 3.69. The second-order valence-electron chi connectivity index (χ2n) is 3.97. The fraction of sp³-hybridized carbons (Fsp3) is 0.154. The molecule has 1 aromatic heterocycles. The summed E-state index contributed by atoms with van der Waals surface area (Å²) < 4.78 is 9.79. The molecule has 0 radical (unpaired) electrons. The van der Waals surface area contributed by atoms with Gasteiger partial charge in [-0.05, 0) is 19.1 Å². The third-order valence-corrected chi connectivity index (χ3v) is 2.69. The smallest absolute Gasteiger partial charge is 0.339 e. The lowest BCUT2D eigenvalue weighted by Crippen LogP contribution is -2.12. The number of benzene rings is 1. The second-order valence-corrected chi connectivity index (χ2v) is 3.97. The van der Waals surface area contributed by atoms with Crippen LogP contribution in [0.3, 0.4) is 0 Å². The van der Waals surface area contributed by atoms with Crippen LogP contribution in [-0.2, 0) is 0 Å². The van der Waals surface area contributed by atoms with Crippen molar-refractivity contribution in [1.29, 1.82) is 0 Å². The molecule has 7 nitrogen and oxygen atoms in total. The minimum absolute atomic E-state index is 0.0201. The molecule has 1 heterocycles. The SMILES string of the molecule is COc1cc(NC(=O)c2cnoc2C)ccc1C(=O)O. The topological polar surface area (TPSA) is 102 Å². The lowest BCUT2D eigenvalue weighted by atomic mass is 10.1. The lowest BCUT2D eigenvalue weighted by molar-refractivity contribution is 0.0693.